The van der Waals surface area contributed by atoms with Crippen LogP contribution in [0.2, 0.25) is 0 Å². The van der Waals surface area contributed by atoms with Gasteiger partial charge in [-0.15, -0.1) is 0 Å². The molecule has 0 unspecified atom stereocenters. The number of fused-ring (bicyclic) bond motifs is 2. The Labute approximate surface area is 192 Å². The van der Waals surface area contributed by atoms with Crippen LogP contribution in [0.4, 0.5) is 11.4 Å². The number of benzene rings is 3. The van der Waals surface area contributed by atoms with Gasteiger partial charge >= 0.3 is 0 Å². The lowest BCUT2D eigenvalue weighted by Crippen LogP contribution is -2.54. The first-order valence-corrected chi connectivity index (χ1v) is 12.1. The molecule has 0 aliphatic carbocycles. The third-order valence-electron chi connectivity index (χ3n) is 6.34. The lowest BCUT2D eigenvalue weighted by molar-refractivity contribution is -0.123. The van der Waals surface area contributed by atoms with Crippen molar-refractivity contribution in [3.05, 3.63) is 89.5 Å². The molecule has 7 nitrogen and oxygen atoms in total. The normalized spacial score (nSPS) is 21.0. The summed E-state index contributed by atoms with van der Waals surface area (Å²) >= 11 is 0. The molecule has 3 aromatic carbocycles. The van der Waals surface area contributed by atoms with Crippen LogP contribution in [0.5, 0.6) is 5.75 Å². The number of sulfone groups is 1. The third-order valence-corrected chi connectivity index (χ3v) is 8.45. The first-order chi connectivity index (χ1) is 15.8. The molecular formula is C25H22N2O5S. The van der Waals surface area contributed by atoms with E-state index in [0.717, 1.165) is 16.0 Å². The van der Waals surface area contributed by atoms with E-state index in [4.69, 9.17) is 4.74 Å². The number of hydrogen-bond acceptors (Lipinski definition) is 5. The summed E-state index contributed by atoms with van der Waals surface area (Å²) in [5.74, 6) is -1.46. The molecule has 0 N–H and O–H groups in total. The van der Waals surface area contributed by atoms with Crippen LogP contribution in [-0.2, 0) is 30.8 Å². The maximum atomic E-state index is 14.1. The molecule has 2 heterocycles. The molecule has 0 bridgehead atoms. The number of methoxy groups -OCH3 is 1. The molecule has 2 aliphatic rings. The first kappa shape index (κ1) is 21.2. The van der Waals surface area contributed by atoms with Gasteiger partial charge < -0.3 is 9.64 Å². The Morgan fingerprint density at radius 3 is 2.30 bits per heavy atom. The Morgan fingerprint density at radius 2 is 1.61 bits per heavy atom. The maximum absolute atomic E-state index is 14.1. The zero-order valence-corrected chi connectivity index (χ0v) is 19.0. The highest BCUT2D eigenvalue weighted by atomic mass is 32.2. The predicted octanol–water partition coefficient (Wildman–Crippen LogP) is 3.16. The number of para-hydroxylation sites is 1. The fourth-order valence-electron chi connectivity index (χ4n) is 4.74. The van der Waals surface area contributed by atoms with Crippen molar-refractivity contribution in [2.24, 2.45) is 0 Å². The monoisotopic (exact) mass is 462 g/mol. The van der Waals surface area contributed by atoms with Gasteiger partial charge in [0, 0.05) is 11.3 Å². The van der Waals surface area contributed by atoms with Gasteiger partial charge in [-0.25, -0.2) is 8.42 Å². The lowest BCUT2D eigenvalue weighted by Gasteiger charge is -2.32. The molecule has 168 valence electrons. The van der Waals surface area contributed by atoms with E-state index >= 15 is 0 Å². The van der Waals surface area contributed by atoms with E-state index in [9.17, 15) is 18.0 Å². The Hall–Kier alpha value is -3.65. The second-order valence-electron chi connectivity index (χ2n) is 8.17. The van der Waals surface area contributed by atoms with E-state index in [1.807, 2.05) is 31.2 Å². The van der Waals surface area contributed by atoms with Crippen molar-refractivity contribution in [2.75, 3.05) is 22.7 Å². The molecule has 0 saturated carbocycles. The number of carbonyl (C=O) groups excluding carboxylic acids is 2. The van der Waals surface area contributed by atoms with E-state index in [1.165, 1.54) is 12.0 Å². The van der Waals surface area contributed by atoms with Gasteiger partial charge in [0.25, 0.3) is 10.8 Å². The Balaban J connectivity index is 1.72. The molecule has 2 aliphatic heterocycles. The van der Waals surface area contributed by atoms with Gasteiger partial charge in [-0.05, 0) is 48.4 Å². The van der Waals surface area contributed by atoms with E-state index in [1.54, 1.807) is 48.5 Å². The minimum absolute atomic E-state index is 0.199. The zero-order chi connectivity index (χ0) is 23.4. The topological polar surface area (TPSA) is 84.0 Å². The number of hydrogen-bond donors (Lipinski definition) is 0. The largest absolute Gasteiger partial charge is 0.497 e. The second kappa shape index (κ2) is 7.45. The molecule has 3 aromatic rings. The van der Waals surface area contributed by atoms with Gasteiger partial charge in [0.15, 0.2) is 9.84 Å². The molecule has 1 saturated heterocycles. The summed E-state index contributed by atoms with van der Waals surface area (Å²) in [5, 5.41) is 0. The second-order valence-corrected chi connectivity index (χ2v) is 10.3. The Morgan fingerprint density at radius 1 is 0.939 bits per heavy atom. The van der Waals surface area contributed by atoms with Crippen molar-refractivity contribution in [1.82, 2.24) is 0 Å². The maximum Gasteiger partial charge on any atom is 0.274 e. The lowest BCUT2D eigenvalue weighted by atomic mass is 10.0. The van der Waals surface area contributed by atoms with Crippen LogP contribution in [0.15, 0.2) is 72.8 Å². The van der Waals surface area contributed by atoms with Crippen LogP contribution in [0.1, 0.15) is 16.7 Å². The van der Waals surface area contributed by atoms with Crippen molar-refractivity contribution >= 4 is 33.0 Å². The van der Waals surface area contributed by atoms with E-state index in [-0.39, 0.29) is 6.54 Å². The van der Waals surface area contributed by atoms with Crippen molar-refractivity contribution < 1.29 is 22.7 Å². The number of ether oxygens (including phenoxy) is 1. The van der Waals surface area contributed by atoms with Crippen LogP contribution in [0, 0.1) is 6.92 Å². The van der Waals surface area contributed by atoms with Crippen LogP contribution >= 0.6 is 0 Å². The standard InChI is InChI=1S/C25H22N2O5S/c1-17-7-3-4-8-18(17)15-26-22-10-6-5-9-21(22)25(24(26)29)27(23(28)16-33(25,30)31)19-11-13-20(32-2)14-12-19/h3-14H,15-16H2,1-2H3/t25-/m0/s1. The highest BCUT2D eigenvalue weighted by molar-refractivity contribution is 7.94. The van der Waals surface area contributed by atoms with E-state index in [0.29, 0.717) is 22.7 Å². The van der Waals surface area contributed by atoms with Crippen LogP contribution in [-0.4, -0.2) is 33.1 Å². The summed E-state index contributed by atoms with van der Waals surface area (Å²) in [7, 11) is -2.68. The Kier molecular flexibility index (Phi) is 4.79. The van der Waals surface area contributed by atoms with Gasteiger partial charge in [0.1, 0.15) is 11.5 Å². The molecule has 8 heteroatoms. The third kappa shape index (κ3) is 2.90. The summed E-state index contributed by atoms with van der Waals surface area (Å²) in [6.45, 7) is 2.14. The summed E-state index contributed by atoms with van der Waals surface area (Å²) < 4.78 is 32.4. The fraction of sp³-hybridized carbons (Fsp3) is 0.200. The highest BCUT2D eigenvalue weighted by Crippen LogP contribution is 2.52. The summed E-state index contributed by atoms with van der Waals surface area (Å²) in [6, 6.07) is 20.9. The van der Waals surface area contributed by atoms with E-state index < -0.39 is 32.3 Å². The number of aryl methyl sites for hydroxylation is 1. The quantitative estimate of drug-likeness (QED) is 0.595. The zero-order valence-electron chi connectivity index (χ0n) is 18.2. The Bertz CT molecular complexity index is 1380. The van der Waals surface area contributed by atoms with Crippen molar-refractivity contribution in [1.29, 1.82) is 0 Å². The van der Waals surface area contributed by atoms with Crippen LogP contribution < -0.4 is 14.5 Å². The number of nitrogens with zero attached hydrogens (tertiary/aromatic N) is 2. The van der Waals surface area contributed by atoms with Gasteiger partial charge in [0.05, 0.1) is 19.3 Å². The van der Waals surface area contributed by atoms with Gasteiger partial charge in [-0.3, -0.25) is 14.5 Å². The van der Waals surface area contributed by atoms with Gasteiger partial charge in [-0.2, -0.15) is 0 Å². The van der Waals surface area contributed by atoms with Crippen molar-refractivity contribution in [2.45, 2.75) is 18.3 Å². The number of rotatable bonds is 4. The molecule has 1 spiro atoms. The number of amides is 2. The average molecular weight is 463 g/mol. The van der Waals surface area contributed by atoms with Crippen molar-refractivity contribution in [3.63, 3.8) is 0 Å². The summed E-state index contributed by atoms with van der Waals surface area (Å²) in [4.78, 5) is 27.7. The minimum Gasteiger partial charge on any atom is -0.497 e. The molecule has 0 aromatic heterocycles. The van der Waals surface area contributed by atoms with Crippen LogP contribution in [0.3, 0.4) is 0 Å². The first-order valence-electron chi connectivity index (χ1n) is 10.5. The smallest absolute Gasteiger partial charge is 0.274 e. The average Bonchev–Trinajstić information content (AvgIpc) is 3.18. The van der Waals surface area contributed by atoms with Gasteiger partial charge in [-0.1, -0.05) is 42.5 Å². The molecule has 1 fully saturated rings. The fourth-order valence-corrected chi connectivity index (χ4v) is 6.77. The van der Waals surface area contributed by atoms with E-state index in [2.05, 4.69) is 0 Å². The molecular weight excluding hydrogens is 440 g/mol. The highest BCUT2D eigenvalue weighted by Gasteiger charge is 2.69. The molecule has 33 heavy (non-hydrogen) atoms. The molecule has 1 atom stereocenters. The molecule has 2 amide bonds. The SMILES string of the molecule is COc1ccc(N2C(=O)CS(=O)(=O)[C@@]23C(=O)N(Cc2ccccc2C)c2ccccc23)cc1. The molecule has 0 radical (unpaired) electrons. The predicted molar refractivity (Wildman–Crippen MR) is 125 cm³/mol. The molecule has 5 rings (SSSR count). The van der Waals surface area contributed by atoms with Crippen LogP contribution in [0.25, 0.3) is 0 Å². The minimum atomic E-state index is -4.19. The van der Waals surface area contributed by atoms with Gasteiger partial charge in [0.2, 0.25) is 5.91 Å². The number of carbonyl (C=O) groups is 2. The summed E-state index contributed by atoms with van der Waals surface area (Å²) in [5.41, 5.74) is 2.99. The number of anilines is 2. The van der Waals surface area contributed by atoms with Crippen molar-refractivity contribution in [3.8, 4) is 5.75 Å². The summed E-state index contributed by atoms with van der Waals surface area (Å²) in [6.07, 6.45) is 0.